The van der Waals surface area contributed by atoms with Gasteiger partial charge in [-0.3, -0.25) is 0 Å². The summed E-state index contributed by atoms with van der Waals surface area (Å²) in [5.74, 6) is -0.209. The van der Waals surface area contributed by atoms with Crippen LogP contribution in [-0.2, 0) is 26.6 Å². The molecule has 0 bridgehead atoms. The number of aryl methyl sites for hydroxylation is 2. The molecule has 0 fully saturated rings. The van der Waals surface area contributed by atoms with E-state index in [1.54, 1.807) is 28.8 Å². The largest absolute Gasteiger partial charge is 0.324 e. The molecule has 0 spiro atoms. The molecule has 0 saturated carbocycles. The maximum absolute atomic E-state index is 14.6. The molecular weight excluding hydrogens is 591 g/mol. The van der Waals surface area contributed by atoms with Gasteiger partial charge in [-0.2, -0.15) is 22.1 Å². The summed E-state index contributed by atoms with van der Waals surface area (Å²) in [6, 6.07) is 32.8. The minimum atomic E-state index is -4.76. The van der Waals surface area contributed by atoms with Crippen LogP contribution in [-0.4, -0.2) is 21.4 Å². The average molecular weight is 624 g/mol. The van der Waals surface area contributed by atoms with Gasteiger partial charge in [-0.1, -0.05) is 109 Å². The van der Waals surface area contributed by atoms with Crippen molar-refractivity contribution >= 4 is 25.9 Å². The van der Waals surface area contributed by atoms with Crippen LogP contribution in [0.3, 0.4) is 0 Å². The van der Waals surface area contributed by atoms with E-state index >= 15 is 0 Å². The quantitative estimate of drug-likeness (QED) is 0.159. The molecule has 1 heterocycles. The van der Waals surface area contributed by atoms with Crippen molar-refractivity contribution in [2.24, 2.45) is 0 Å². The standard InChI is InChI=1S/C35H33N3O4S2/c1-4-5-24-37-34(29-14-10-7-11-15-29)33(28-12-8-6-9-13-28)32(25-36)35(37)38(43(39,40)30-20-16-26(2)17-21-30)44(41,42)31-22-18-27(3)19-23-31/h6-23H,4-5,24H2,1-3H3. The molecule has 9 heteroatoms. The molecule has 0 aliphatic heterocycles. The van der Waals surface area contributed by atoms with E-state index in [9.17, 15) is 22.1 Å². The second-order valence-electron chi connectivity index (χ2n) is 10.6. The fourth-order valence-corrected chi connectivity index (χ4v) is 8.91. The normalized spacial score (nSPS) is 11.7. The number of anilines is 1. The zero-order valence-corrected chi connectivity index (χ0v) is 26.4. The molecule has 4 aromatic carbocycles. The molecule has 5 aromatic rings. The monoisotopic (exact) mass is 623 g/mol. The number of unbranched alkanes of at least 4 members (excludes halogenated alkanes) is 1. The molecule has 0 atom stereocenters. The highest BCUT2D eigenvalue weighted by Crippen LogP contribution is 2.46. The summed E-state index contributed by atoms with van der Waals surface area (Å²) in [4.78, 5) is -0.401. The summed E-state index contributed by atoms with van der Waals surface area (Å²) in [5, 5.41) is 10.8. The molecule has 5 rings (SSSR count). The number of hydrogen-bond donors (Lipinski definition) is 0. The fraction of sp³-hybridized carbons (Fsp3) is 0.171. The first kappa shape index (κ1) is 30.8. The Morgan fingerprint density at radius 1 is 0.682 bits per heavy atom. The van der Waals surface area contributed by atoms with Crippen LogP contribution in [0.1, 0.15) is 36.5 Å². The van der Waals surface area contributed by atoms with E-state index in [0.29, 0.717) is 27.0 Å². The van der Waals surface area contributed by atoms with E-state index in [1.165, 1.54) is 24.3 Å². The first-order chi connectivity index (χ1) is 21.1. The van der Waals surface area contributed by atoms with Crippen LogP contribution in [0.15, 0.2) is 119 Å². The maximum Gasteiger partial charge on any atom is 0.278 e. The molecule has 0 saturated heterocycles. The number of benzene rings is 4. The predicted molar refractivity (Wildman–Crippen MR) is 174 cm³/mol. The lowest BCUT2D eigenvalue weighted by atomic mass is 9.98. The maximum atomic E-state index is 14.6. The average Bonchev–Trinajstić information content (AvgIpc) is 3.34. The van der Waals surface area contributed by atoms with Crippen LogP contribution in [0.4, 0.5) is 5.82 Å². The van der Waals surface area contributed by atoms with Crippen LogP contribution < -0.4 is 3.71 Å². The van der Waals surface area contributed by atoms with E-state index in [-0.39, 0.29) is 27.7 Å². The molecule has 0 unspecified atom stereocenters. The zero-order valence-electron chi connectivity index (χ0n) is 24.8. The van der Waals surface area contributed by atoms with Crippen LogP contribution in [0.2, 0.25) is 0 Å². The van der Waals surface area contributed by atoms with E-state index in [0.717, 1.165) is 23.1 Å². The summed E-state index contributed by atoms with van der Waals surface area (Å²) in [6.45, 7) is 5.91. The highest BCUT2D eigenvalue weighted by molar-refractivity contribution is 8.10. The van der Waals surface area contributed by atoms with Crippen molar-refractivity contribution in [1.29, 1.82) is 5.26 Å². The molecule has 1 aromatic heterocycles. The van der Waals surface area contributed by atoms with Crippen molar-refractivity contribution in [2.45, 2.75) is 49.9 Å². The van der Waals surface area contributed by atoms with Gasteiger partial charge in [0.25, 0.3) is 20.0 Å². The predicted octanol–water partition coefficient (Wildman–Crippen LogP) is 7.69. The van der Waals surface area contributed by atoms with Gasteiger partial charge in [0.1, 0.15) is 11.6 Å². The molecule has 0 amide bonds. The molecule has 0 radical (unpaired) electrons. The second-order valence-corrected chi connectivity index (χ2v) is 14.4. The van der Waals surface area contributed by atoms with Gasteiger partial charge in [0.05, 0.1) is 15.5 Å². The molecule has 44 heavy (non-hydrogen) atoms. The van der Waals surface area contributed by atoms with Gasteiger partial charge in [0.2, 0.25) is 0 Å². The second kappa shape index (κ2) is 12.5. The van der Waals surface area contributed by atoms with Gasteiger partial charge in [-0.15, -0.1) is 3.71 Å². The zero-order chi connectivity index (χ0) is 31.5. The Labute approximate surface area is 259 Å². The van der Waals surface area contributed by atoms with Crippen LogP contribution >= 0.6 is 0 Å². The Kier molecular flexibility index (Phi) is 8.77. The molecule has 0 N–H and O–H groups in total. The number of hydrogen-bond acceptors (Lipinski definition) is 5. The van der Waals surface area contributed by atoms with Crippen molar-refractivity contribution in [3.05, 3.63) is 126 Å². The van der Waals surface area contributed by atoms with Gasteiger partial charge < -0.3 is 4.57 Å². The lowest BCUT2D eigenvalue weighted by Gasteiger charge is -2.26. The Morgan fingerprint density at radius 3 is 1.57 bits per heavy atom. The molecular formula is C35H33N3O4S2. The summed E-state index contributed by atoms with van der Waals surface area (Å²) < 4.78 is 60.7. The van der Waals surface area contributed by atoms with Crippen LogP contribution in [0, 0.1) is 25.2 Å². The smallest absolute Gasteiger partial charge is 0.278 e. The number of sulfonamides is 2. The van der Waals surface area contributed by atoms with Crippen LogP contribution in [0.5, 0.6) is 0 Å². The van der Waals surface area contributed by atoms with Gasteiger partial charge in [0.15, 0.2) is 5.82 Å². The summed E-state index contributed by atoms with van der Waals surface area (Å²) in [5.41, 5.74) is 4.02. The molecule has 0 aliphatic rings. The fourth-order valence-electron chi connectivity index (χ4n) is 5.19. The Morgan fingerprint density at radius 2 is 1.14 bits per heavy atom. The van der Waals surface area contributed by atoms with Crippen molar-refractivity contribution in [3.8, 4) is 28.5 Å². The van der Waals surface area contributed by atoms with Gasteiger partial charge in [-0.05, 0) is 55.7 Å². The van der Waals surface area contributed by atoms with Gasteiger partial charge in [0, 0.05) is 12.1 Å². The van der Waals surface area contributed by atoms with Crippen molar-refractivity contribution in [1.82, 2.24) is 4.57 Å². The van der Waals surface area contributed by atoms with E-state index in [4.69, 9.17) is 0 Å². The van der Waals surface area contributed by atoms with Crippen molar-refractivity contribution in [3.63, 3.8) is 0 Å². The molecule has 7 nitrogen and oxygen atoms in total. The lowest BCUT2D eigenvalue weighted by molar-refractivity contribution is 0.579. The first-order valence-electron chi connectivity index (χ1n) is 14.3. The Bertz CT molecular complexity index is 1950. The Balaban J connectivity index is 1.97. The SMILES string of the molecule is CCCCn1c(-c2ccccc2)c(-c2ccccc2)c(C#N)c1N(S(=O)(=O)c1ccc(C)cc1)S(=O)(=O)c1ccc(C)cc1. The van der Waals surface area contributed by atoms with E-state index in [2.05, 4.69) is 6.07 Å². The first-order valence-corrected chi connectivity index (χ1v) is 17.2. The molecule has 224 valence electrons. The van der Waals surface area contributed by atoms with Crippen LogP contribution in [0.25, 0.3) is 22.4 Å². The highest BCUT2D eigenvalue weighted by atomic mass is 32.3. The lowest BCUT2D eigenvalue weighted by Crippen LogP contribution is -2.39. The topological polar surface area (TPSA) is 100 Å². The van der Waals surface area contributed by atoms with Gasteiger partial charge in [-0.25, -0.2) is 0 Å². The summed E-state index contributed by atoms with van der Waals surface area (Å²) in [7, 11) is -9.52. The number of rotatable bonds is 10. The summed E-state index contributed by atoms with van der Waals surface area (Å²) in [6.07, 6.45) is 1.37. The third-order valence-electron chi connectivity index (χ3n) is 7.44. The highest BCUT2D eigenvalue weighted by Gasteiger charge is 2.42. The molecule has 0 aliphatic carbocycles. The minimum Gasteiger partial charge on any atom is -0.324 e. The van der Waals surface area contributed by atoms with Crippen molar-refractivity contribution in [2.75, 3.05) is 3.71 Å². The minimum absolute atomic E-state index is 0.0440. The van der Waals surface area contributed by atoms with E-state index < -0.39 is 20.0 Å². The number of aromatic nitrogens is 1. The van der Waals surface area contributed by atoms with Gasteiger partial charge >= 0.3 is 0 Å². The van der Waals surface area contributed by atoms with Crippen molar-refractivity contribution < 1.29 is 16.8 Å². The van der Waals surface area contributed by atoms with E-state index in [1.807, 2.05) is 81.4 Å². The third kappa shape index (κ3) is 5.66. The number of nitrogens with zero attached hydrogens (tertiary/aromatic N) is 3. The number of nitriles is 1. The Hall–Kier alpha value is -4.65. The summed E-state index contributed by atoms with van der Waals surface area (Å²) >= 11 is 0. The third-order valence-corrected chi connectivity index (χ3v) is 11.6.